The highest BCUT2D eigenvalue weighted by atomic mass is 16.2. The zero-order valence-corrected chi connectivity index (χ0v) is 28.1. The van der Waals surface area contributed by atoms with E-state index in [0.29, 0.717) is 24.9 Å². The summed E-state index contributed by atoms with van der Waals surface area (Å²) in [6.07, 6.45) is 11.2. The summed E-state index contributed by atoms with van der Waals surface area (Å²) >= 11 is 0. The predicted molar refractivity (Wildman–Crippen MR) is 171 cm³/mol. The molecular formula is C33H61N5O4. The average molecular weight is 592 g/mol. The summed E-state index contributed by atoms with van der Waals surface area (Å²) in [6.45, 7) is 19.9. The Morgan fingerprint density at radius 3 is 1.93 bits per heavy atom. The number of piperidine rings is 1. The third kappa shape index (κ3) is 13.3. The maximum atomic E-state index is 13.1. The van der Waals surface area contributed by atoms with Crippen LogP contribution in [0.4, 0.5) is 0 Å². The van der Waals surface area contributed by atoms with Gasteiger partial charge in [0.05, 0.1) is 12.6 Å². The van der Waals surface area contributed by atoms with Crippen LogP contribution in [0.15, 0.2) is 11.6 Å². The monoisotopic (exact) mass is 591 g/mol. The molecule has 2 atom stereocenters. The van der Waals surface area contributed by atoms with Crippen molar-refractivity contribution in [3.8, 4) is 0 Å². The van der Waals surface area contributed by atoms with Crippen LogP contribution in [0.5, 0.6) is 0 Å². The molecule has 42 heavy (non-hydrogen) atoms. The van der Waals surface area contributed by atoms with Gasteiger partial charge in [-0.1, -0.05) is 47.1 Å². The number of hydrogen-bond donors (Lipinski definition) is 2. The van der Waals surface area contributed by atoms with E-state index < -0.39 is 6.04 Å². The normalized spacial score (nSPS) is 20.1. The minimum Gasteiger partial charge on any atom is -0.352 e. The van der Waals surface area contributed by atoms with Crippen molar-refractivity contribution in [1.29, 1.82) is 0 Å². The van der Waals surface area contributed by atoms with Crippen molar-refractivity contribution in [2.24, 2.45) is 11.8 Å². The molecule has 0 aromatic rings. The van der Waals surface area contributed by atoms with Crippen LogP contribution >= 0.6 is 0 Å². The summed E-state index contributed by atoms with van der Waals surface area (Å²) in [5, 5.41) is 5.43. The SMILES string of the molecule is C/C(=C\[C@H](C(C)C)N(C)C(=O)CNC=O)C(=O)N1CCC[C@H]1C(=O)NC1CCC1.CC(C)C.CC(C)N1CCCCC1. The molecule has 2 N–H and O–H groups in total. The molecule has 4 amide bonds. The van der Waals surface area contributed by atoms with E-state index in [2.05, 4.69) is 50.2 Å². The van der Waals surface area contributed by atoms with E-state index in [-0.39, 0.29) is 42.3 Å². The number of likely N-dealkylation sites (tertiary alicyclic amines) is 2. The summed E-state index contributed by atoms with van der Waals surface area (Å²) in [5.74, 6) is 0.472. The van der Waals surface area contributed by atoms with Crippen LogP contribution in [0.2, 0.25) is 0 Å². The first kappa shape index (κ1) is 37.6. The van der Waals surface area contributed by atoms with Gasteiger partial charge in [-0.2, -0.15) is 0 Å². The molecule has 0 radical (unpaired) electrons. The van der Waals surface area contributed by atoms with Crippen LogP contribution in [0.1, 0.15) is 107 Å². The van der Waals surface area contributed by atoms with Crippen molar-refractivity contribution in [3.63, 3.8) is 0 Å². The molecule has 3 aliphatic rings. The van der Waals surface area contributed by atoms with Gasteiger partial charge in [-0.25, -0.2) is 0 Å². The Morgan fingerprint density at radius 2 is 1.48 bits per heavy atom. The molecule has 0 unspecified atom stereocenters. The summed E-state index contributed by atoms with van der Waals surface area (Å²) in [5.41, 5.74) is 0.523. The van der Waals surface area contributed by atoms with Gasteiger partial charge < -0.3 is 25.3 Å². The van der Waals surface area contributed by atoms with Crippen molar-refractivity contribution in [2.45, 2.75) is 131 Å². The van der Waals surface area contributed by atoms with Crippen LogP contribution in [-0.2, 0) is 19.2 Å². The number of nitrogens with one attached hydrogen (secondary N) is 2. The summed E-state index contributed by atoms with van der Waals surface area (Å²) < 4.78 is 0. The maximum absolute atomic E-state index is 13.1. The van der Waals surface area contributed by atoms with Gasteiger partial charge in [0, 0.05) is 31.2 Å². The van der Waals surface area contributed by atoms with Gasteiger partial charge >= 0.3 is 0 Å². The lowest BCUT2D eigenvalue weighted by molar-refractivity contribution is -0.136. The average Bonchev–Trinajstić information content (AvgIpc) is 3.42. The minimum absolute atomic E-state index is 0.0546. The van der Waals surface area contributed by atoms with Crippen LogP contribution in [0.3, 0.4) is 0 Å². The maximum Gasteiger partial charge on any atom is 0.249 e. The fourth-order valence-corrected chi connectivity index (χ4v) is 5.29. The quantitative estimate of drug-likeness (QED) is 0.290. The van der Waals surface area contributed by atoms with Crippen molar-refractivity contribution >= 4 is 24.1 Å². The van der Waals surface area contributed by atoms with Crippen molar-refractivity contribution in [2.75, 3.05) is 33.2 Å². The summed E-state index contributed by atoms with van der Waals surface area (Å²) in [6, 6.07) is 0.316. The second-order valence-electron chi connectivity index (χ2n) is 13.3. The molecule has 2 saturated heterocycles. The van der Waals surface area contributed by atoms with Gasteiger partial charge in [0.25, 0.3) is 0 Å². The van der Waals surface area contributed by atoms with E-state index in [1.54, 1.807) is 29.8 Å². The highest BCUT2D eigenvalue weighted by molar-refractivity contribution is 5.97. The van der Waals surface area contributed by atoms with E-state index in [1.165, 1.54) is 32.4 Å². The third-order valence-electron chi connectivity index (χ3n) is 8.01. The van der Waals surface area contributed by atoms with E-state index in [0.717, 1.165) is 37.6 Å². The lowest BCUT2D eigenvalue weighted by Gasteiger charge is -2.32. The molecule has 0 spiro atoms. The molecule has 2 heterocycles. The molecule has 9 heteroatoms. The highest BCUT2D eigenvalue weighted by Crippen LogP contribution is 2.24. The molecule has 0 aromatic heterocycles. The van der Waals surface area contributed by atoms with E-state index in [4.69, 9.17) is 0 Å². The number of likely N-dealkylation sites (N-methyl/N-ethyl adjacent to an activating group) is 1. The Kier molecular flexibility index (Phi) is 17.6. The molecule has 242 valence electrons. The van der Waals surface area contributed by atoms with Crippen LogP contribution < -0.4 is 10.6 Å². The number of rotatable bonds is 10. The van der Waals surface area contributed by atoms with Crippen LogP contribution in [0, 0.1) is 11.8 Å². The molecule has 9 nitrogen and oxygen atoms in total. The summed E-state index contributed by atoms with van der Waals surface area (Å²) in [7, 11) is 1.67. The first-order valence-electron chi connectivity index (χ1n) is 16.3. The Labute approximate surface area is 256 Å². The minimum atomic E-state index is -0.417. The number of nitrogens with zero attached hydrogens (tertiary/aromatic N) is 3. The highest BCUT2D eigenvalue weighted by Gasteiger charge is 2.36. The second-order valence-corrected chi connectivity index (χ2v) is 13.3. The lowest BCUT2D eigenvalue weighted by Crippen LogP contribution is -2.50. The first-order chi connectivity index (χ1) is 19.8. The molecule has 0 bridgehead atoms. The van der Waals surface area contributed by atoms with Crippen molar-refractivity contribution in [3.05, 3.63) is 11.6 Å². The predicted octanol–water partition coefficient (Wildman–Crippen LogP) is 4.36. The molecule has 2 aliphatic heterocycles. The molecule has 3 fully saturated rings. The standard InChI is InChI=1S/C21H34N4O4.C8H17N.C4H10/c1-14(2)18(24(4)19(27)12-22-13-26)11-15(3)21(29)25-10-6-9-17(25)20(28)23-16-7-5-8-16;1-8(2)9-6-4-3-5-7-9;1-4(2)3/h11,13-14,16-18H,5-10,12H2,1-4H3,(H,22,26)(H,23,28);8H,3-7H2,1-2H3;4H,1-3H3/b15-11+;;/t17-,18+;;/m0../s1. The fourth-order valence-electron chi connectivity index (χ4n) is 5.29. The molecule has 1 saturated carbocycles. The fraction of sp³-hybridized carbons (Fsp3) is 0.818. The Bertz CT molecular complexity index is 860. The largest absolute Gasteiger partial charge is 0.352 e. The number of carbonyl (C=O) groups excluding carboxylic acids is 4. The van der Waals surface area contributed by atoms with E-state index in [1.807, 2.05) is 13.8 Å². The van der Waals surface area contributed by atoms with Gasteiger partial charge in [0.2, 0.25) is 24.1 Å². The summed E-state index contributed by atoms with van der Waals surface area (Å²) in [4.78, 5) is 54.1. The van der Waals surface area contributed by atoms with Crippen molar-refractivity contribution < 1.29 is 19.2 Å². The molecule has 0 aromatic carbocycles. The second kappa shape index (κ2) is 19.7. The van der Waals surface area contributed by atoms with Gasteiger partial charge in [0.1, 0.15) is 6.04 Å². The lowest BCUT2D eigenvalue weighted by atomic mass is 9.93. The number of amides is 4. The number of hydrogen-bond acceptors (Lipinski definition) is 5. The van der Waals surface area contributed by atoms with Crippen LogP contribution in [-0.4, -0.2) is 96.2 Å². The number of carbonyl (C=O) groups is 4. The molecular weight excluding hydrogens is 530 g/mol. The molecule has 1 aliphatic carbocycles. The van der Waals surface area contributed by atoms with Crippen LogP contribution in [0.25, 0.3) is 0 Å². The zero-order chi connectivity index (χ0) is 31.8. The first-order valence-corrected chi connectivity index (χ1v) is 16.3. The zero-order valence-electron chi connectivity index (χ0n) is 28.1. The topological polar surface area (TPSA) is 102 Å². The molecule has 3 rings (SSSR count). The Morgan fingerprint density at radius 1 is 0.881 bits per heavy atom. The van der Waals surface area contributed by atoms with E-state index in [9.17, 15) is 19.2 Å². The smallest absolute Gasteiger partial charge is 0.249 e. The van der Waals surface area contributed by atoms with Gasteiger partial charge in [0.15, 0.2) is 0 Å². The Balaban J connectivity index is 0.000000558. The third-order valence-corrected chi connectivity index (χ3v) is 8.01. The van der Waals surface area contributed by atoms with Crippen molar-refractivity contribution in [1.82, 2.24) is 25.3 Å². The van der Waals surface area contributed by atoms with E-state index >= 15 is 0 Å². The van der Waals surface area contributed by atoms with Gasteiger partial charge in [-0.3, -0.25) is 19.2 Å². The van der Waals surface area contributed by atoms with Gasteiger partial charge in [-0.15, -0.1) is 0 Å². The Hall–Kier alpha value is -2.42. The van der Waals surface area contributed by atoms with Gasteiger partial charge in [-0.05, 0) is 90.6 Å².